The molecule has 0 saturated carbocycles. The van der Waals surface area contributed by atoms with Gasteiger partial charge in [-0.2, -0.15) is 0 Å². The predicted octanol–water partition coefficient (Wildman–Crippen LogP) is 3.49. The van der Waals surface area contributed by atoms with Gasteiger partial charge in [-0.3, -0.25) is 4.79 Å². The fourth-order valence-electron chi connectivity index (χ4n) is 4.82. The standard InChI is InChI=1S/C20H30NO3.CH4/c1-14(2)21(3)16-9-10-17(21)12-18(11-16)24-20(23)19(13-22)15-7-5-4-6-8-15;/h4-8,14,16-19,22H,9-13H2,1-3H3;1H4/q+1;. The molecule has 3 atom stereocenters. The van der Waals surface area contributed by atoms with E-state index in [2.05, 4.69) is 20.9 Å². The van der Waals surface area contributed by atoms with Crippen LogP contribution in [-0.2, 0) is 9.53 Å². The molecule has 0 aliphatic carbocycles. The Bertz CT molecular complexity index is 558. The molecular formula is C21H34NO3+. The van der Waals surface area contributed by atoms with Crippen molar-refractivity contribution in [3.63, 3.8) is 0 Å². The first kappa shape index (κ1) is 19.9. The van der Waals surface area contributed by atoms with Gasteiger partial charge in [0.2, 0.25) is 0 Å². The Hall–Kier alpha value is -1.39. The monoisotopic (exact) mass is 348 g/mol. The maximum atomic E-state index is 12.6. The molecule has 2 aliphatic heterocycles. The number of piperidine rings is 1. The largest absolute Gasteiger partial charge is 0.461 e. The zero-order valence-corrected chi connectivity index (χ0v) is 15.0. The zero-order chi connectivity index (χ0) is 17.3. The minimum absolute atomic E-state index is 0. The second-order valence-corrected chi connectivity index (χ2v) is 7.88. The van der Waals surface area contributed by atoms with Crippen LogP contribution in [0.3, 0.4) is 0 Å². The van der Waals surface area contributed by atoms with Gasteiger partial charge in [-0.15, -0.1) is 0 Å². The lowest BCUT2D eigenvalue weighted by molar-refractivity contribution is -0.968. The molecule has 25 heavy (non-hydrogen) atoms. The summed E-state index contributed by atoms with van der Waals surface area (Å²) in [6.07, 6.45) is 4.36. The number of nitrogens with zero attached hydrogens (tertiary/aromatic N) is 1. The van der Waals surface area contributed by atoms with E-state index in [1.165, 1.54) is 12.8 Å². The van der Waals surface area contributed by atoms with Gasteiger partial charge in [-0.05, 0) is 19.4 Å². The third-order valence-corrected chi connectivity index (χ3v) is 6.54. The van der Waals surface area contributed by atoms with E-state index in [1.807, 2.05) is 30.3 Å². The second-order valence-electron chi connectivity index (χ2n) is 7.88. The fraction of sp³-hybridized carbons (Fsp3) is 0.667. The molecule has 0 aromatic heterocycles. The van der Waals surface area contributed by atoms with Gasteiger partial charge in [0.15, 0.2) is 0 Å². The molecule has 0 radical (unpaired) electrons. The Balaban J connectivity index is 0.00000225. The van der Waals surface area contributed by atoms with Gasteiger partial charge in [0, 0.05) is 25.7 Å². The van der Waals surface area contributed by atoms with E-state index in [9.17, 15) is 9.90 Å². The van der Waals surface area contributed by atoms with Crippen molar-refractivity contribution in [3.8, 4) is 0 Å². The highest BCUT2D eigenvalue weighted by atomic mass is 16.5. The molecule has 2 fully saturated rings. The SMILES string of the molecule is C.CC(C)[N+]1(C)C2CCC1CC(OC(=O)C(CO)c1ccccc1)C2. The van der Waals surface area contributed by atoms with Crippen LogP contribution in [0.2, 0.25) is 0 Å². The molecule has 140 valence electrons. The van der Waals surface area contributed by atoms with E-state index in [-0.39, 0.29) is 26.1 Å². The number of rotatable bonds is 5. The average molecular weight is 349 g/mol. The number of fused-ring (bicyclic) bond motifs is 2. The summed E-state index contributed by atoms with van der Waals surface area (Å²) >= 11 is 0. The molecule has 4 nitrogen and oxygen atoms in total. The van der Waals surface area contributed by atoms with Gasteiger partial charge in [0.25, 0.3) is 0 Å². The Morgan fingerprint density at radius 3 is 2.24 bits per heavy atom. The van der Waals surface area contributed by atoms with E-state index in [4.69, 9.17) is 4.74 Å². The van der Waals surface area contributed by atoms with Crippen LogP contribution in [0.25, 0.3) is 0 Å². The number of quaternary nitrogens is 1. The molecule has 3 rings (SSSR count). The van der Waals surface area contributed by atoms with Crippen molar-refractivity contribution in [2.45, 2.75) is 77.1 Å². The Labute approximate surface area is 152 Å². The van der Waals surface area contributed by atoms with Crippen LogP contribution in [0.5, 0.6) is 0 Å². The number of benzene rings is 1. The quantitative estimate of drug-likeness (QED) is 0.654. The molecule has 4 heteroatoms. The number of hydrogen-bond acceptors (Lipinski definition) is 3. The van der Waals surface area contributed by atoms with Crippen molar-refractivity contribution < 1.29 is 19.1 Å². The van der Waals surface area contributed by atoms with Gasteiger partial charge in [0.1, 0.15) is 12.0 Å². The highest BCUT2D eigenvalue weighted by Gasteiger charge is 2.53. The van der Waals surface area contributed by atoms with Crippen LogP contribution in [0, 0.1) is 0 Å². The summed E-state index contributed by atoms with van der Waals surface area (Å²) in [7, 11) is 2.37. The van der Waals surface area contributed by atoms with Gasteiger partial charge < -0.3 is 14.3 Å². The summed E-state index contributed by atoms with van der Waals surface area (Å²) < 4.78 is 6.96. The first-order chi connectivity index (χ1) is 11.5. The minimum Gasteiger partial charge on any atom is -0.461 e. The van der Waals surface area contributed by atoms with E-state index in [1.54, 1.807) is 0 Å². The Kier molecular flexibility index (Phi) is 6.28. The van der Waals surface area contributed by atoms with Crippen molar-refractivity contribution in [1.82, 2.24) is 0 Å². The van der Waals surface area contributed by atoms with Crippen molar-refractivity contribution in [1.29, 1.82) is 0 Å². The summed E-state index contributed by atoms with van der Waals surface area (Å²) in [5, 5.41) is 9.65. The number of aliphatic hydroxyl groups is 1. The molecule has 1 aromatic rings. The zero-order valence-electron chi connectivity index (χ0n) is 15.0. The van der Waals surface area contributed by atoms with Crippen LogP contribution in [0.4, 0.5) is 0 Å². The normalized spacial score (nSPS) is 32.1. The lowest BCUT2D eigenvalue weighted by Gasteiger charge is -2.49. The summed E-state index contributed by atoms with van der Waals surface area (Å²) in [6.45, 7) is 4.39. The third-order valence-electron chi connectivity index (χ3n) is 6.54. The first-order valence-corrected chi connectivity index (χ1v) is 9.18. The maximum absolute atomic E-state index is 12.6. The van der Waals surface area contributed by atoms with Crippen molar-refractivity contribution in [2.75, 3.05) is 13.7 Å². The van der Waals surface area contributed by atoms with Crippen molar-refractivity contribution >= 4 is 5.97 Å². The topological polar surface area (TPSA) is 46.5 Å². The predicted molar refractivity (Wildman–Crippen MR) is 100 cm³/mol. The lowest BCUT2D eigenvalue weighted by atomic mass is 9.94. The van der Waals surface area contributed by atoms with Crippen LogP contribution >= 0.6 is 0 Å². The van der Waals surface area contributed by atoms with Crippen LogP contribution in [0.1, 0.15) is 58.4 Å². The smallest absolute Gasteiger partial charge is 0.316 e. The fourth-order valence-corrected chi connectivity index (χ4v) is 4.82. The van der Waals surface area contributed by atoms with Crippen LogP contribution < -0.4 is 0 Å². The number of ether oxygens (including phenoxy) is 1. The van der Waals surface area contributed by atoms with Crippen molar-refractivity contribution in [2.24, 2.45) is 0 Å². The lowest BCUT2D eigenvalue weighted by Crippen LogP contribution is -2.62. The molecule has 1 aromatic carbocycles. The third kappa shape index (κ3) is 3.61. The molecule has 3 unspecified atom stereocenters. The summed E-state index contributed by atoms with van der Waals surface area (Å²) in [4.78, 5) is 12.6. The van der Waals surface area contributed by atoms with E-state index < -0.39 is 5.92 Å². The average Bonchev–Trinajstić information content (AvgIpc) is 2.74. The highest BCUT2D eigenvalue weighted by Crippen LogP contribution is 2.44. The summed E-state index contributed by atoms with van der Waals surface area (Å²) in [5.74, 6) is -0.856. The molecule has 2 aliphatic rings. The Morgan fingerprint density at radius 1 is 1.20 bits per heavy atom. The number of hydrogen-bond donors (Lipinski definition) is 1. The van der Waals surface area contributed by atoms with Gasteiger partial charge in [0.05, 0.1) is 31.8 Å². The molecule has 2 saturated heterocycles. The van der Waals surface area contributed by atoms with E-state index >= 15 is 0 Å². The molecule has 2 heterocycles. The Morgan fingerprint density at radius 2 is 1.76 bits per heavy atom. The molecule has 1 N–H and O–H groups in total. The maximum Gasteiger partial charge on any atom is 0.316 e. The van der Waals surface area contributed by atoms with Gasteiger partial charge >= 0.3 is 5.97 Å². The number of esters is 1. The minimum atomic E-state index is -0.572. The van der Waals surface area contributed by atoms with Crippen molar-refractivity contribution in [3.05, 3.63) is 35.9 Å². The molecule has 0 spiro atoms. The van der Waals surface area contributed by atoms with E-state index in [0.29, 0.717) is 18.1 Å². The van der Waals surface area contributed by atoms with Gasteiger partial charge in [-0.25, -0.2) is 0 Å². The molecular weight excluding hydrogens is 314 g/mol. The highest BCUT2D eigenvalue weighted by molar-refractivity contribution is 5.78. The van der Waals surface area contributed by atoms with Crippen LogP contribution in [0.15, 0.2) is 30.3 Å². The van der Waals surface area contributed by atoms with Gasteiger partial charge in [-0.1, -0.05) is 37.8 Å². The number of carbonyl (C=O) groups is 1. The summed E-state index contributed by atoms with van der Waals surface area (Å²) in [5.41, 5.74) is 0.826. The van der Waals surface area contributed by atoms with Crippen LogP contribution in [-0.4, -0.2) is 53.4 Å². The van der Waals surface area contributed by atoms with E-state index in [0.717, 1.165) is 22.9 Å². The summed E-state index contributed by atoms with van der Waals surface area (Å²) in [6, 6.07) is 11.2. The molecule has 0 amide bonds. The number of carbonyl (C=O) groups excluding carboxylic acids is 1. The first-order valence-electron chi connectivity index (χ1n) is 9.18. The molecule has 2 bridgehead atoms. The number of aliphatic hydroxyl groups excluding tert-OH is 1. The second kappa shape index (κ2) is 7.88.